The summed E-state index contributed by atoms with van der Waals surface area (Å²) in [5, 5.41) is 21.7. The van der Waals surface area contributed by atoms with Crippen molar-refractivity contribution in [1.29, 1.82) is 0 Å². The van der Waals surface area contributed by atoms with Crippen LogP contribution in [0.15, 0.2) is 12.2 Å². The Labute approximate surface area is 489 Å². The molecule has 0 spiro atoms. The summed E-state index contributed by atoms with van der Waals surface area (Å²) in [6.45, 7) is 23.7. The van der Waals surface area contributed by atoms with E-state index in [1.54, 1.807) is 46.7 Å². The highest BCUT2D eigenvalue weighted by Crippen LogP contribution is 2.24. The molecule has 24 heteroatoms. The summed E-state index contributed by atoms with van der Waals surface area (Å²) in [5.74, 6) is -8.55. The van der Waals surface area contributed by atoms with E-state index in [2.05, 4.69) is 21.3 Å². The monoisotopic (exact) mass is 1160 g/mol. The number of hydrogen-bond acceptors (Lipinski definition) is 13. The third-order valence-electron chi connectivity index (χ3n) is 15.0. The largest absolute Gasteiger partial charge is 0.390 e. The Balaban J connectivity index is 4.34. The Morgan fingerprint density at radius 1 is 0.537 bits per heavy atom. The van der Waals surface area contributed by atoms with Gasteiger partial charge in [-0.2, -0.15) is 0 Å². The summed E-state index contributed by atoms with van der Waals surface area (Å²) in [4.78, 5) is 169. The number of imide groups is 2. The Kier molecular flexibility index (Phi) is 29.4. The van der Waals surface area contributed by atoms with Crippen molar-refractivity contribution in [2.75, 3.05) is 70.0 Å². The van der Waals surface area contributed by atoms with Gasteiger partial charge in [-0.25, -0.2) is 9.59 Å². The molecule has 5 N–H and O–H groups in total. The van der Waals surface area contributed by atoms with E-state index in [0.29, 0.717) is 6.42 Å². The average Bonchev–Trinajstić information content (AvgIpc) is 3.37. The maximum absolute atomic E-state index is 14.9. The maximum Gasteiger partial charge on any atom is 0.326 e. The molecule has 10 atom stereocenters. The topological polar surface area (TPSA) is 282 Å². The predicted octanol–water partition coefficient (Wildman–Crippen LogP) is 2.73. The van der Waals surface area contributed by atoms with E-state index >= 15 is 0 Å². The van der Waals surface area contributed by atoms with Crippen LogP contribution in [0.25, 0.3) is 0 Å². The third kappa shape index (κ3) is 21.2. The molecule has 1 rings (SSSR count). The molecular weight excluding hydrogens is 1060 g/mol. The molecule has 0 saturated carbocycles. The van der Waals surface area contributed by atoms with E-state index in [4.69, 9.17) is 0 Å². The lowest BCUT2D eigenvalue weighted by molar-refractivity contribution is -0.147. The minimum atomic E-state index is -1.57. The molecular formula is C58H104N12O12. The van der Waals surface area contributed by atoms with Gasteiger partial charge in [-0.1, -0.05) is 74.5 Å². The van der Waals surface area contributed by atoms with Gasteiger partial charge in [0.1, 0.15) is 54.4 Å². The van der Waals surface area contributed by atoms with Crippen molar-refractivity contribution in [2.24, 2.45) is 29.6 Å². The lowest BCUT2D eigenvalue weighted by Gasteiger charge is -2.39. The zero-order valence-electron chi connectivity index (χ0n) is 53.7. The molecule has 1 heterocycles. The number of nitrogens with one attached hydrogen (secondary N) is 4. The molecule has 1 aliphatic rings. The molecule has 1 aliphatic heterocycles. The quantitative estimate of drug-likeness (QED) is 0.148. The number of allylic oxidation sites excluding steroid dienone is 2. The molecule has 0 aromatic rings. The van der Waals surface area contributed by atoms with E-state index in [0.717, 1.165) is 24.5 Å². The molecule has 2 unspecified atom stereocenters. The summed E-state index contributed by atoms with van der Waals surface area (Å²) >= 11 is 0. The molecule has 82 heavy (non-hydrogen) atoms. The van der Waals surface area contributed by atoms with Gasteiger partial charge in [0.2, 0.25) is 41.4 Å². The van der Waals surface area contributed by atoms with Crippen molar-refractivity contribution in [3.05, 3.63) is 12.2 Å². The standard InChI is InChI=1S/C58H104N12O12/c1-24-25-26-37(10)31-42-49(73)62-56(80)68(21)40(27-28-63(15)16)52(76)67(20)44(32-58(13,14)82)50(74)61-45(35(6)7)54(78)64(17)41(29-33(2)3)48(72)59-38(11)47(71)60-39(12)51(75)66(19)43(30-34(4)5)53(77)70(23)57(81)69(22)46(36(8)9)55(79)65(42)18/h24-25,33-46,82H,26-32H2,1-23H3,(H,59,72)(H,60,71)(H,61,74)(H,62,73,80)/b25-24+/t37-,38-,39+,40+,41-,42?,43?,44+,45-,46+/m1/s1. The number of nitrogens with zero attached hydrogens (tertiary/aromatic N) is 8. The maximum atomic E-state index is 14.9. The minimum absolute atomic E-state index is 0.00203. The van der Waals surface area contributed by atoms with Crippen LogP contribution in [0.1, 0.15) is 135 Å². The fourth-order valence-corrected chi connectivity index (χ4v) is 9.90. The van der Waals surface area contributed by atoms with E-state index in [1.807, 2.05) is 53.7 Å². The number of likely N-dealkylation sites (N-methyl/N-ethyl adjacent to an activating group) is 7. The number of rotatable bonds is 15. The summed E-state index contributed by atoms with van der Waals surface area (Å²) in [6.07, 6.45) is 4.17. The third-order valence-corrected chi connectivity index (χ3v) is 15.0. The molecule has 0 radical (unpaired) electrons. The normalized spacial score (nSPS) is 26.0. The van der Waals surface area contributed by atoms with Crippen LogP contribution in [-0.4, -0.2) is 239 Å². The zero-order valence-corrected chi connectivity index (χ0v) is 53.7. The first-order valence-electron chi connectivity index (χ1n) is 28.7. The van der Waals surface area contributed by atoms with Gasteiger partial charge < -0.3 is 55.4 Å². The Morgan fingerprint density at radius 3 is 1.50 bits per heavy atom. The second kappa shape index (κ2) is 32.6. The Bertz CT molecular complexity index is 2270. The smallest absolute Gasteiger partial charge is 0.326 e. The van der Waals surface area contributed by atoms with Gasteiger partial charge in [0.25, 0.3) is 11.8 Å². The van der Waals surface area contributed by atoms with Crippen molar-refractivity contribution in [1.82, 2.24) is 60.5 Å². The van der Waals surface area contributed by atoms with Crippen LogP contribution in [0.2, 0.25) is 0 Å². The van der Waals surface area contributed by atoms with Crippen LogP contribution >= 0.6 is 0 Å². The number of carbonyl (C=O) groups excluding carboxylic acids is 11. The van der Waals surface area contributed by atoms with Crippen molar-refractivity contribution in [2.45, 2.75) is 195 Å². The second-order valence-corrected chi connectivity index (χ2v) is 25.0. The van der Waals surface area contributed by atoms with Crippen LogP contribution in [0, 0.1) is 29.6 Å². The number of hydrogen-bond donors (Lipinski definition) is 5. The molecule has 24 nitrogen and oxygen atoms in total. The van der Waals surface area contributed by atoms with E-state index < -0.39 is 137 Å². The Hall–Kier alpha value is -6.17. The highest BCUT2D eigenvalue weighted by Gasteiger charge is 2.44. The molecule has 0 aromatic carbocycles. The van der Waals surface area contributed by atoms with Crippen LogP contribution in [0.3, 0.4) is 0 Å². The van der Waals surface area contributed by atoms with Crippen LogP contribution in [0.4, 0.5) is 9.59 Å². The SMILES string of the molecule is C/C=C/C[C@@H](C)CC1C(=O)NC(=O)N(C)[C@@H](CCN(C)C)C(=O)N(C)[C@@H](CC(C)(C)O)C(=O)N[C@H](C(C)C)C(=O)N(C)[C@H](CC(C)C)C(=O)N[C@H](C)C(=O)N[C@@H](C)C(=O)N(C)C(CC(C)C)C(=O)N(C)C(=O)N(C)[C@@H](C(C)C)C(=O)N1C. The molecule has 0 bridgehead atoms. The van der Waals surface area contributed by atoms with Gasteiger partial charge in [0, 0.05) is 55.8 Å². The lowest BCUT2D eigenvalue weighted by atomic mass is 9.94. The fourth-order valence-electron chi connectivity index (χ4n) is 9.90. The second-order valence-electron chi connectivity index (χ2n) is 25.0. The van der Waals surface area contributed by atoms with Crippen LogP contribution in [0.5, 0.6) is 0 Å². The van der Waals surface area contributed by atoms with Crippen molar-refractivity contribution in [3.63, 3.8) is 0 Å². The number of amides is 13. The van der Waals surface area contributed by atoms with Gasteiger partial charge in [-0.3, -0.25) is 53.4 Å². The first-order chi connectivity index (χ1) is 37.6. The summed E-state index contributed by atoms with van der Waals surface area (Å²) in [5.41, 5.74) is -1.57. The van der Waals surface area contributed by atoms with Crippen molar-refractivity contribution < 1.29 is 57.8 Å². The number of urea groups is 2. The minimum Gasteiger partial charge on any atom is -0.390 e. The number of carbonyl (C=O) groups is 11. The summed E-state index contributed by atoms with van der Waals surface area (Å²) < 4.78 is 0. The zero-order chi connectivity index (χ0) is 63.7. The van der Waals surface area contributed by atoms with E-state index in [9.17, 15) is 57.8 Å². The molecule has 1 saturated heterocycles. The fraction of sp³-hybridized carbons (Fsp3) is 0.776. The lowest BCUT2D eigenvalue weighted by Crippen LogP contribution is -2.62. The van der Waals surface area contributed by atoms with Crippen LogP contribution < -0.4 is 21.3 Å². The summed E-state index contributed by atoms with van der Waals surface area (Å²) in [6, 6.07) is -13.5. The van der Waals surface area contributed by atoms with Crippen LogP contribution in [-0.2, 0) is 43.2 Å². The van der Waals surface area contributed by atoms with Crippen molar-refractivity contribution >= 4 is 65.2 Å². The summed E-state index contributed by atoms with van der Waals surface area (Å²) in [7, 11) is 12.9. The molecule has 0 aliphatic carbocycles. The highest BCUT2D eigenvalue weighted by molar-refractivity contribution is 6.03. The van der Waals surface area contributed by atoms with Crippen molar-refractivity contribution in [3.8, 4) is 0 Å². The first-order valence-corrected chi connectivity index (χ1v) is 28.7. The van der Waals surface area contributed by atoms with E-state index in [-0.39, 0.29) is 56.4 Å². The van der Waals surface area contributed by atoms with Gasteiger partial charge in [-0.05, 0) is 117 Å². The van der Waals surface area contributed by atoms with Gasteiger partial charge >= 0.3 is 12.1 Å². The molecule has 1 fully saturated rings. The van der Waals surface area contributed by atoms with Gasteiger partial charge in [0.15, 0.2) is 0 Å². The number of aliphatic hydroxyl groups is 1. The molecule has 468 valence electrons. The predicted molar refractivity (Wildman–Crippen MR) is 314 cm³/mol. The van der Waals surface area contributed by atoms with Gasteiger partial charge in [-0.15, -0.1) is 0 Å². The van der Waals surface area contributed by atoms with E-state index in [1.165, 1.54) is 86.8 Å². The first kappa shape index (κ1) is 73.8. The molecule has 13 amide bonds. The van der Waals surface area contributed by atoms with Gasteiger partial charge in [0.05, 0.1) is 5.60 Å². The Morgan fingerprint density at radius 2 is 1.01 bits per heavy atom. The average molecular weight is 1160 g/mol. The molecule has 0 aromatic heterocycles. The highest BCUT2D eigenvalue weighted by atomic mass is 16.3.